The van der Waals surface area contributed by atoms with Gasteiger partial charge < -0.3 is 0 Å². The highest BCUT2D eigenvalue weighted by Gasteiger charge is 2.20. The minimum Gasteiger partial charge on any atom is -0.244 e. The molecular weight excluding hydrogens is 252 g/mol. The molecule has 0 aliphatic heterocycles. The summed E-state index contributed by atoms with van der Waals surface area (Å²) in [5.74, 6) is 0. The first kappa shape index (κ1) is 14.1. The van der Waals surface area contributed by atoms with Gasteiger partial charge in [0.15, 0.2) is 0 Å². The Morgan fingerprint density at radius 2 is 1.53 bits per heavy atom. The fourth-order valence-corrected chi connectivity index (χ4v) is 2.61. The van der Waals surface area contributed by atoms with E-state index in [0.717, 1.165) is 11.1 Å². The highest BCUT2D eigenvalue weighted by Crippen LogP contribution is 2.35. The van der Waals surface area contributed by atoms with E-state index in [2.05, 4.69) is 61.9 Å². The Hall–Kier alpha value is -1.35. The van der Waals surface area contributed by atoms with Crippen molar-refractivity contribution >= 4 is 11.8 Å². The Morgan fingerprint density at radius 1 is 0.947 bits per heavy atom. The van der Waals surface area contributed by atoms with Gasteiger partial charge in [-0.05, 0) is 23.1 Å². The summed E-state index contributed by atoms with van der Waals surface area (Å²) in [5.41, 5.74) is 2.53. The van der Waals surface area contributed by atoms with E-state index < -0.39 is 0 Å². The second-order valence-corrected chi connectivity index (χ2v) is 7.19. The van der Waals surface area contributed by atoms with Crippen LogP contribution in [0.2, 0.25) is 0 Å². The maximum atomic E-state index is 4.05. The first-order valence-corrected chi connectivity index (χ1v) is 7.37. The molecule has 2 nitrogen and oxygen atoms in total. The molecule has 0 saturated carbocycles. The van der Waals surface area contributed by atoms with E-state index in [-0.39, 0.29) is 0 Å². The first-order valence-electron chi connectivity index (χ1n) is 6.49. The van der Waals surface area contributed by atoms with Crippen LogP contribution in [-0.4, -0.2) is 15.2 Å². The molecule has 3 heteroatoms. The predicted molar refractivity (Wildman–Crippen MR) is 82.2 cm³/mol. The summed E-state index contributed by atoms with van der Waals surface area (Å²) < 4.78 is 0. The van der Waals surface area contributed by atoms with Gasteiger partial charge in [-0.2, -0.15) is 0 Å². The molecule has 1 aromatic carbocycles. The van der Waals surface area contributed by atoms with Gasteiger partial charge in [0.1, 0.15) is 6.33 Å². The van der Waals surface area contributed by atoms with Crippen molar-refractivity contribution in [2.75, 3.05) is 0 Å². The van der Waals surface area contributed by atoms with Crippen molar-refractivity contribution in [3.05, 3.63) is 43.0 Å². The van der Waals surface area contributed by atoms with E-state index in [1.807, 2.05) is 24.2 Å². The van der Waals surface area contributed by atoms with Crippen LogP contribution < -0.4 is 0 Å². The highest BCUT2D eigenvalue weighted by atomic mass is 32.2. The zero-order valence-corrected chi connectivity index (χ0v) is 12.7. The van der Waals surface area contributed by atoms with E-state index in [0.29, 0.717) is 10.7 Å². The second-order valence-electron chi connectivity index (χ2n) is 5.78. The van der Waals surface area contributed by atoms with Crippen LogP contribution in [0.3, 0.4) is 0 Å². The van der Waals surface area contributed by atoms with E-state index >= 15 is 0 Å². The number of nitrogens with zero attached hydrogens (tertiary/aromatic N) is 2. The van der Waals surface area contributed by atoms with Crippen molar-refractivity contribution in [1.29, 1.82) is 0 Å². The third-order valence-corrected chi connectivity index (χ3v) is 4.89. The standard InChI is InChI=1S/C16H20N2S/c1-12(16(2,3)4)19-15-7-5-13(6-8-15)14-9-17-11-18-10-14/h5-12H,1-4H3/t12-/m0/s1. The van der Waals surface area contributed by atoms with E-state index in [4.69, 9.17) is 0 Å². The number of rotatable bonds is 3. The lowest BCUT2D eigenvalue weighted by Gasteiger charge is -2.26. The van der Waals surface area contributed by atoms with Crippen molar-refractivity contribution < 1.29 is 0 Å². The Kier molecular flexibility index (Phi) is 4.25. The van der Waals surface area contributed by atoms with Crippen LogP contribution in [0, 0.1) is 5.41 Å². The molecule has 0 saturated heterocycles. The fourth-order valence-electron chi connectivity index (χ4n) is 1.56. The Labute approximate surface area is 119 Å². The molecule has 1 heterocycles. The van der Waals surface area contributed by atoms with Gasteiger partial charge in [0.25, 0.3) is 0 Å². The Bertz CT molecular complexity index is 515. The second kappa shape index (κ2) is 5.74. The normalized spacial score (nSPS) is 13.3. The molecule has 0 bridgehead atoms. The average Bonchev–Trinajstić information content (AvgIpc) is 2.39. The van der Waals surface area contributed by atoms with Crippen molar-refractivity contribution in [2.45, 2.75) is 37.8 Å². The van der Waals surface area contributed by atoms with Gasteiger partial charge in [-0.3, -0.25) is 0 Å². The van der Waals surface area contributed by atoms with Gasteiger partial charge in [0.05, 0.1) is 0 Å². The quantitative estimate of drug-likeness (QED) is 0.759. The monoisotopic (exact) mass is 272 g/mol. The third kappa shape index (κ3) is 3.80. The van der Waals surface area contributed by atoms with E-state index in [1.165, 1.54) is 4.90 Å². The lowest BCUT2D eigenvalue weighted by molar-refractivity contribution is 0.411. The molecule has 1 aromatic heterocycles. The number of thioether (sulfide) groups is 1. The summed E-state index contributed by atoms with van der Waals surface area (Å²) in [7, 11) is 0. The molecule has 1 atom stereocenters. The van der Waals surface area contributed by atoms with Gasteiger partial charge in [-0.1, -0.05) is 39.8 Å². The summed E-state index contributed by atoms with van der Waals surface area (Å²) in [4.78, 5) is 9.40. The van der Waals surface area contributed by atoms with Crippen LogP contribution in [0.15, 0.2) is 47.9 Å². The largest absolute Gasteiger partial charge is 0.244 e. The van der Waals surface area contributed by atoms with Crippen molar-refractivity contribution in [2.24, 2.45) is 5.41 Å². The molecule has 0 spiro atoms. The molecule has 2 aromatic rings. The van der Waals surface area contributed by atoms with Crippen LogP contribution in [0.4, 0.5) is 0 Å². The van der Waals surface area contributed by atoms with E-state index in [9.17, 15) is 0 Å². The Balaban J connectivity index is 2.11. The van der Waals surface area contributed by atoms with Gasteiger partial charge in [0.2, 0.25) is 0 Å². The molecular formula is C16H20N2S. The molecule has 0 aliphatic rings. The molecule has 0 aliphatic carbocycles. The van der Waals surface area contributed by atoms with Crippen molar-refractivity contribution in [1.82, 2.24) is 9.97 Å². The maximum absolute atomic E-state index is 4.05. The minimum atomic E-state index is 0.316. The topological polar surface area (TPSA) is 25.8 Å². The summed E-state index contributed by atoms with van der Waals surface area (Å²) in [6.45, 7) is 9.12. The lowest BCUT2D eigenvalue weighted by atomic mass is 9.93. The van der Waals surface area contributed by atoms with Crippen LogP contribution in [0.1, 0.15) is 27.7 Å². The fraction of sp³-hybridized carbons (Fsp3) is 0.375. The molecule has 0 fully saturated rings. The summed E-state index contributed by atoms with van der Waals surface area (Å²) >= 11 is 1.92. The minimum absolute atomic E-state index is 0.316. The summed E-state index contributed by atoms with van der Waals surface area (Å²) in [6.07, 6.45) is 5.23. The first-order chi connectivity index (χ1) is 8.97. The number of hydrogen-bond donors (Lipinski definition) is 0. The van der Waals surface area contributed by atoms with Crippen molar-refractivity contribution in [3.8, 4) is 11.1 Å². The van der Waals surface area contributed by atoms with Gasteiger partial charge in [0, 0.05) is 28.1 Å². The number of hydrogen-bond acceptors (Lipinski definition) is 3. The number of aromatic nitrogens is 2. The van der Waals surface area contributed by atoms with E-state index in [1.54, 1.807) is 6.33 Å². The van der Waals surface area contributed by atoms with Crippen LogP contribution in [-0.2, 0) is 0 Å². The van der Waals surface area contributed by atoms with Crippen LogP contribution in [0.5, 0.6) is 0 Å². The zero-order valence-electron chi connectivity index (χ0n) is 11.9. The third-order valence-electron chi connectivity index (χ3n) is 3.28. The molecule has 0 N–H and O–H groups in total. The summed E-state index contributed by atoms with van der Waals surface area (Å²) in [5, 5.41) is 0.582. The predicted octanol–water partition coefficient (Wildman–Crippen LogP) is 4.67. The average molecular weight is 272 g/mol. The molecule has 0 amide bonds. The lowest BCUT2D eigenvalue weighted by Crippen LogP contribution is -2.19. The molecule has 0 radical (unpaired) electrons. The molecule has 2 rings (SSSR count). The Morgan fingerprint density at radius 3 is 2.05 bits per heavy atom. The van der Waals surface area contributed by atoms with Gasteiger partial charge >= 0.3 is 0 Å². The van der Waals surface area contributed by atoms with Gasteiger partial charge in [-0.15, -0.1) is 11.8 Å². The molecule has 0 unspecified atom stereocenters. The van der Waals surface area contributed by atoms with Crippen LogP contribution in [0.25, 0.3) is 11.1 Å². The van der Waals surface area contributed by atoms with Crippen molar-refractivity contribution in [3.63, 3.8) is 0 Å². The SMILES string of the molecule is C[C@H](Sc1ccc(-c2cncnc2)cc1)C(C)(C)C. The maximum Gasteiger partial charge on any atom is 0.115 e. The smallest absolute Gasteiger partial charge is 0.115 e. The zero-order chi connectivity index (χ0) is 13.9. The number of benzene rings is 1. The van der Waals surface area contributed by atoms with Crippen LogP contribution >= 0.6 is 11.8 Å². The molecule has 19 heavy (non-hydrogen) atoms. The summed E-state index contributed by atoms with van der Waals surface area (Å²) in [6, 6.07) is 8.62. The van der Waals surface area contributed by atoms with Gasteiger partial charge in [-0.25, -0.2) is 9.97 Å². The molecule has 100 valence electrons. The highest BCUT2D eigenvalue weighted by molar-refractivity contribution is 8.00.